The highest BCUT2D eigenvalue weighted by atomic mass is 16.7. The maximum Gasteiger partial charge on any atom is 0.331 e. The average molecular weight is 477 g/mol. The highest BCUT2D eigenvalue weighted by Crippen LogP contribution is 2.27. The molecule has 9 nitrogen and oxygen atoms in total. The Labute approximate surface area is 201 Å². The zero-order valence-corrected chi connectivity index (χ0v) is 20.2. The van der Waals surface area contributed by atoms with E-state index in [9.17, 15) is 19.5 Å². The van der Waals surface area contributed by atoms with Gasteiger partial charge in [-0.2, -0.15) is 0 Å². The van der Waals surface area contributed by atoms with Crippen molar-refractivity contribution in [3.8, 4) is 0 Å². The van der Waals surface area contributed by atoms with Gasteiger partial charge in [0.05, 0.1) is 17.4 Å². The van der Waals surface area contributed by atoms with Gasteiger partial charge in [0, 0.05) is 25.8 Å². The zero-order valence-electron chi connectivity index (χ0n) is 20.2. The summed E-state index contributed by atoms with van der Waals surface area (Å²) in [4.78, 5) is 45.6. The highest BCUT2D eigenvalue weighted by molar-refractivity contribution is 6.05. The molecule has 1 saturated heterocycles. The maximum absolute atomic E-state index is 13.7. The van der Waals surface area contributed by atoms with Crippen LogP contribution in [0.3, 0.4) is 0 Å². The second-order valence-electron chi connectivity index (χ2n) is 9.73. The van der Waals surface area contributed by atoms with Crippen molar-refractivity contribution in [1.82, 2.24) is 18.8 Å². The van der Waals surface area contributed by atoms with Crippen LogP contribution in [0.2, 0.25) is 0 Å². The fourth-order valence-corrected chi connectivity index (χ4v) is 4.79. The Bertz CT molecular complexity index is 1590. The van der Waals surface area contributed by atoms with E-state index >= 15 is 0 Å². The van der Waals surface area contributed by atoms with E-state index in [1.54, 1.807) is 17.7 Å². The van der Waals surface area contributed by atoms with Crippen LogP contribution in [0.1, 0.15) is 42.9 Å². The van der Waals surface area contributed by atoms with Crippen molar-refractivity contribution in [2.75, 3.05) is 13.2 Å². The number of benzene rings is 2. The van der Waals surface area contributed by atoms with Gasteiger partial charge in [0.25, 0.3) is 11.5 Å². The van der Waals surface area contributed by atoms with Crippen molar-refractivity contribution in [1.29, 1.82) is 0 Å². The molecule has 1 atom stereocenters. The van der Waals surface area contributed by atoms with Crippen LogP contribution in [-0.4, -0.2) is 48.5 Å². The highest BCUT2D eigenvalue weighted by Gasteiger charge is 2.38. The van der Waals surface area contributed by atoms with Gasteiger partial charge in [-0.25, -0.2) is 9.86 Å². The van der Waals surface area contributed by atoms with Crippen LogP contribution in [0.15, 0.2) is 58.3 Å². The van der Waals surface area contributed by atoms with Gasteiger partial charge in [0.2, 0.25) is 0 Å². The number of aliphatic hydroxyl groups is 1. The largest absolute Gasteiger partial charge is 0.386 e. The Morgan fingerprint density at radius 3 is 2.54 bits per heavy atom. The summed E-state index contributed by atoms with van der Waals surface area (Å²) >= 11 is 0. The first-order valence-electron chi connectivity index (χ1n) is 11.6. The van der Waals surface area contributed by atoms with Crippen LogP contribution in [-0.2, 0) is 18.4 Å². The van der Waals surface area contributed by atoms with Crippen molar-refractivity contribution in [3.05, 3.63) is 80.8 Å². The minimum Gasteiger partial charge on any atom is -0.386 e. The van der Waals surface area contributed by atoms with E-state index < -0.39 is 22.8 Å². The first-order valence-corrected chi connectivity index (χ1v) is 11.6. The molecular weight excluding hydrogens is 448 g/mol. The van der Waals surface area contributed by atoms with Crippen molar-refractivity contribution < 1.29 is 14.7 Å². The van der Waals surface area contributed by atoms with Gasteiger partial charge in [-0.05, 0) is 37.1 Å². The quantitative estimate of drug-likeness (QED) is 0.488. The molecule has 0 bridgehead atoms. The van der Waals surface area contributed by atoms with Crippen LogP contribution in [0.25, 0.3) is 21.7 Å². The number of hydrogen-bond acceptors (Lipinski definition) is 5. The molecule has 2 aromatic heterocycles. The van der Waals surface area contributed by atoms with Gasteiger partial charge < -0.3 is 9.67 Å². The molecule has 2 aromatic carbocycles. The lowest BCUT2D eigenvalue weighted by molar-refractivity contribution is -0.0801. The third kappa shape index (κ3) is 3.77. The number of carbonyl (C=O) groups is 1. The Morgan fingerprint density at radius 2 is 1.86 bits per heavy atom. The second-order valence-corrected chi connectivity index (χ2v) is 9.73. The van der Waals surface area contributed by atoms with Crippen molar-refractivity contribution in [2.24, 2.45) is 7.05 Å². The normalized spacial score (nSPS) is 18.3. The smallest absolute Gasteiger partial charge is 0.331 e. The van der Waals surface area contributed by atoms with Gasteiger partial charge >= 0.3 is 5.69 Å². The monoisotopic (exact) mass is 476 g/mol. The summed E-state index contributed by atoms with van der Waals surface area (Å²) in [6.45, 7) is 5.54. The Hall–Kier alpha value is -3.69. The minimum absolute atomic E-state index is 0.0308. The van der Waals surface area contributed by atoms with Crippen LogP contribution >= 0.6 is 0 Å². The molecule has 9 heteroatoms. The third-order valence-electron chi connectivity index (χ3n) is 6.51. The lowest BCUT2D eigenvalue weighted by Gasteiger charge is -2.18. The number of rotatable bonds is 4. The van der Waals surface area contributed by atoms with Crippen LogP contribution in [0, 0.1) is 0 Å². The first-order chi connectivity index (χ1) is 16.6. The van der Waals surface area contributed by atoms with E-state index in [0.29, 0.717) is 12.1 Å². The standard InChI is InChI=1S/C26H28N4O5/c1-16(2)30-20-13-28(12-18-10-7-9-17-8-5-6-11-19(17)18)22(21(20)23(31)27(4)25(30)33)24(32)29-14-26(3,34)15-35-29/h5-11,13,16,34H,12,14-15H2,1-4H3/t26-/m0/s1. The number of β-amino-alcohol motifs (C(OH)–C–C–N with tert-alkyl or cyclic N) is 1. The second kappa shape index (κ2) is 8.21. The molecule has 5 rings (SSSR count). The molecule has 35 heavy (non-hydrogen) atoms. The summed E-state index contributed by atoms with van der Waals surface area (Å²) in [7, 11) is 1.41. The number of nitrogens with zero attached hydrogens (tertiary/aromatic N) is 4. The van der Waals surface area contributed by atoms with E-state index in [1.165, 1.54) is 11.6 Å². The molecule has 1 aliphatic rings. The van der Waals surface area contributed by atoms with Crippen molar-refractivity contribution in [2.45, 2.75) is 39.0 Å². The maximum atomic E-state index is 13.7. The molecule has 0 spiro atoms. The molecule has 1 aliphatic heterocycles. The lowest BCUT2D eigenvalue weighted by atomic mass is 10.0. The lowest BCUT2D eigenvalue weighted by Crippen LogP contribution is -2.40. The van der Waals surface area contributed by atoms with E-state index in [4.69, 9.17) is 4.84 Å². The molecule has 1 fully saturated rings. The number of amides is 1. The summed E-state index contributed by atoms with van der Waals surface area (Å²) in [6.07, 6.45) is 1.70. The molecule has 0 aliphatic carbocycles. The van der Waals surface area contributed by atoms with Gasteiger partial charge in [0.1, 0.15) is 17.9 Å². The number of fused-ring (bicyclic) bond motifs is 2. The minimum atomic E-state index is -1.19. The van der Waals surface area contributed by atoms with E-state index in [1.807, 2.05) is 56.3 Å². The summed E-state index contributed by atoms with van der Waals surface area (Å²) in [5.74, 6) is -0.538. The Morgan fingerprint density at radius 1 is 1.14 bits per heavy atom. The fraction of sp³-hybridized carbons (Fsp3) is 0.346. The predicted molar refractivity (Wildman–Crippen MR) is 132 cm³/mol. The van der Waals surface area contributed by atoms with Crippen molar-refractivity contribution >= 4 is 27.6 Å². The summed E-state index contributed by atoms with van der Waals surface area (Å²) < 4.78 is 4.27. The molecule has 182 valence electrons. The molecule has 0 radical (unpaired) electrons. The van der Waals surface area contributed by atoms with Crippen molar-refractivity contribution in [3.63, 3.8) is 0 Å². The first kappa shape index (κ1) is 23.1. The summed E-state index contributed by atoms with van der Waals surface area (Å²) in [5, 5.41) is 13.7. The number of carbonyl (C=O) groups excluding carboxylic acids is 1. The Balaban J connectivity index is 1.78. The van der Waals surface area contributed by atoms with Crippen LogP contribution < -0.4 is 11.2 Å². The van der Waals surface area contributed by atoms with E-state index in [2.05, 4.69) is 0 Å². The molecule has 0 saturated carbocycles. The molecule has 4 aromatic rings. The fourth-order valence-electron chi connectivity index (χ4n) is 4.79. The average Bonchev–Trinajstić information content (AvgIpc) is 3.37. The number of hydroxylamine groups is 2. The molecule has 1 N–H and O–H groups in total. The van der Waals surface area contributed by atoms with Crippen LogP contribution in [0.5, 0.6) is 0 Å². The van der Waals surface area contributed by atoms with Gasteiger partial charge in [-0.3, -0.25) is 23.6 Å². The predicted octanol–water partition coefficient (Wildman–Crippen LogP) is 2.42. The number of aromatic nitrogens is 3. The van der Waals surface area contributed by atoms with Gasteiger partial charge in [-0.15, -0.1) is 0 Å². The molecule has 0 unspecified atom stereocenters. The van der Waals surface area contributed by atoms with E-state index in [-0.39, 0.29) is 30.3 Å². The van der Waals surface area contributed by atoms with Crippen LogP contribution in [0.4, 0.5) is 0 Å². The zero-order chi connectivity index (χ0) is 25.1. The SMILES string of the molecule is CC(C)n1c(=O)n(C)c(=O)c2c(C(=O)N3C[C@](C)(O)CO3)n(Cc3cccc4ccccc34)cc21. The molecule has 3 heterocycles. The molecular formula is C26H28N4O5. The summed E-state index contributed by atoms with van der Waals surface area (Å²) in [5.41, 5.74) is -0.707. The molecule has 1 amide bonds. The van der Waals surface area contributed by atoms with Gasteiger partial charge in [0.15, 0.2) is 0 Å². The number of hydrogen-bond donors (Lipinski definition) is 1. The topological polar surface area (TPSA) is 98.7 Å². The third-order valence-corrected chi connectivity index (χ3v) is 6.51. The summed E-state index contributed by atoms with van der Waals surface area (Å²) in [6, 6.07) is 13.7. The van der Waals surface area contributed by atoms with E-state index in [0.717, 1.165) is 26.0 Å². The Kier molecular flexibility index (Phi) is 5.41. The van der Waals surface area contributed by atoms with Gasteiger partial charge in [-0.1, -0.05) is 42.5 Å².